The molecule has 0 aliphatic carbocycles. The minimum Gasteiger partial charge on any atom is -0.481 e. The molecule has 0 spiro atoms. The zero-order valence-corrected chi connectivity index (χ0v) is 11.9. The van der Waals surface area contributed by atoms with Gasteiger partial charge in [0.1, 0.15) is 0 Å². The van der Waals surface area contributed by atoms with E-state index in [9.17, 15) is 9.59 Å². The summed E-state index contributed by atoms with van der Waals surface area (Å²) in [4.78, 5) is 26.4. The van der Waals surface area contributed by atoms with Gasteiger partial charge in [-0.05, 0) is 18.9 Å². The molecule has 5 nitrogen and oxygen atoms in total. The SMILES string of the molecule is Cc1cccc(CN(C)C(=O)N2CCC(C(=O)O)C2)c1. The lowest BCUT2D eigenvalue weighted by Crippen LogP contribution is -2.39. The first-order valence-electron chi connectivity index (χ1n) is 6.76. The normalized spacial score (nSPS) is 18.1. The molecule has 5 heteroatoms. The van der Waals surface area contributed by atoms with Crippen molar-refractivity contribution in [2.75, 3.05) is 20.1 Å². The van der Waals surface area contributed by atoms with E-state index in [1.807, 2.05) is 31.2 Å². The minimum atomic E-state index is -0.818. The largest absolute Gasteiger partial charge is 0.481 e. The third-order valence-corrected chi connectivity index (χ3v) is 3.64. The summed E-state index contributed by atoms with van der Waals surface area (Å²) < 4.78 is 0. The number of rotatable bonds is 3. The first kappa shape index (κ1) is 14.4. The summed E-state index contributed by atoms with van der Waals surface area (Å²) in [6.45, 7) is 3.39. The zero-order valence-electron chi connectivity index (χ0n) is 11.9. The maximum Gasteiger partial charge on any atom is 0.320 e. The molecule has 1 fully saturated rings. The second-order valence-electron chi connectivity index (χ2n) is 5.40. The van der Waals surface area contributed by atoms with Crippen LogP contribution in [0, 0.1) is 12.8 Å². The van der Waals surface area contributed by atoms with Gasteiger partial charge in [-0.15, -0.1) is 0 Å². The van der Waals surface area contributed by atoms with Gasteiger partial charge in [-0.2, -0.15) is 0 Å². The van der Waals surface area contributed by atoms with Crippen molar-refractivity contribution in [2.45, 2.75) is 19.9 Å². The van der Waals surface area contributed by atoms with Gasteiger partial charge in [0.2, 0.25) is 0 Å². The van der Waals surface area contributed by atoms with E-state index >= 15 is 0 Å². The van der Waals surface area contributed by atoms with Crippen molar-refractivity contribution in [3.05, 3.63) is 35.4 Å². The van der Waals surface area contributed by atoms with Crippen LogP contribution in [0.15, 0.2) is 24.3 Å². The number of benzene rings is 1. The van der Waals surface area contributed by atoms with Gasteiger partial charge >= 0.3 is 12.0 Å². The molecule has 1 atom stereocenters. The van der Waals surface area contributed by atoms with Crippen molar-refractivity contribution < 1.29 is 14.7 Å². The van der Waals surface area contributed by atoms with Crippen LogP contribution in [0.25, 0.3) is 0 Å². The molecule has 2 amide bonds. The van der Waals surface area contributed by atoms with Crippen LogP contribution < -0.4 is 0 Å². The van der Waals surface area contributed by atoms with E-state index in [0.29, 0.717) is 26.1 Å². The molecule has 1 aromatic carbocycles. The molecule has 0 bridgehead atoms. The Kier molecular flexibility index (Phi) is 4.27. The van der Waals surface area contributed by atoms with Gasteiger partial charge in [-0.25, -0.2) is 4.79 Å². The summed E-state index contributed by atoms with van der Waals surface area (Å²) in [6, 6.07) is 7.92. The van der Waals surface area contributed by atoms with Crippen LogP contribution in [0.3, 0.4) is 0 Å². The van der Waals surface area contributed by atoms with Gasteiger partial charge in [0, 0.05) is 26.7 Å². The molecule has 1 heterocycles. The maximum atomic E-state index is 12.3. The minimum absolute atomic E-state index is 0.102. The smallest absolute Gasteiger partial charge is 0.320 e. The van der Waals surface area contributed by atoms with E-state index in [1.54, 1.807) is 16.8 Å². The third-order valence-electron chi connectivity index (χ3n) is 3.64. The lowest BCUT2D eigenvalue weighted by molar-refractivity contribution is -0.141. The van der Waals surface area contributed by atoms with Gasteiger partial charge in [0.05, 0.1) is 5.92 Å². The van der Waals surface area contributed by atoms with Crippen LogP contribution in [0.4, 0.5) is 4.79 Å². The lowest BCUT2D eigenvalue weighted by Gasteiger charge is -2.24. The first-order valence-corrected chi connectivity index (χ1v) is 6.76. The van der Waals surface area contributed by atoms with Crippen molar-refractivity contribution in [3.63, 3.8) is 0 Å². The average molecular weight is 276 g/mol. The van der Waals surface area contributed by atoms with Crippen molar-refractivity contribution in [1.82, 2.24) is 9.80 Å². The second-order valence-corrected chi connectivity index (χ2v) is 5.40. The molecule has 1 N–H and O–H groups in total. The summed E-state index contributed by atoms with van der Waals surface area (Å²) in [7, 11) is 1.75. The Morgan fingerprint density at radius 2 is 2.20 bits per heavy atom. The van der Waals surface area contributed by atoms with Crippen LogP contribution in [-0.4, -0.2) is 47.0 Å². The number of likely N-dealkylation sites (tertiary alicyclic amines) is 1. The van der Waals surface area contributed by atoms with Crippen LogP contribution in [0.2, 0.25) is 0 Å². The molecule has 0 aromatic heterocycles. The van der Waals surface area contributed by atoms with Crippen molar-refractivity contribution in [3.8, 4) is 0 Å². The van der Waals surface area contributed by atoms with Gasteiger partial charge in [-0.3, -0.25) is 4.79 Å². The van der Waals surface area contributed by atoms with E-state index in [4.69, 9.17) is 5.11 Å². The molecule has 0 saturated carbocycles. The average Bonchev–Trinajstić information content (AvgIpc) is 2.87. The molecule has 1 saturated heterocycles. The highest BCUT2D eigenvalue weighted by atomic mass is 16.4. The van der Waals surface area contributed by atoms with Crippen molar-refractivity contribution in [2.24, 2.45) is 5.92 Å². The zero-order chi connectivity index (χ0) is 14.7. The molecule has 108 valence electrons. The standard InChI is InChI=1S/C15H20N2O3/c1-11-4-3-5-12(8-11)9-16(2)15(20)17-7-6-13(10-17)14(18)19/h3-5,8,13H,6-7,9-10H2,1-2H3,(H,18,19). The van der Waals surface area contributed by atoms with Crippen molar-refractivity contribution >= 4 is 12.0 Å². The van der Waals surface area contributed by atoms with Gasteiger partial charge in [0.25, 0.3) is 0 Å². The van der Waals surface area contributed by atoms with E-state index in [-0.39, 0.29) is 6.03 Å². The number of aliphatic carboxylic acids is 1. The quantitative estimate of drug-likeness (QED) is 0.918. The molecule has 2 rings (SSSR count). The van der Waals surface area contributed by atoms with E-state index in [0.717, 1.165) is 11.1 Å². The van der Waals surface area contributed by atoms with E-state index in [1.165, 1.54) is 0 Å². The van der Waals surface area contributed by atoms with Crippen LogP contribution >= 0.6 is 0 Å². The monoisotopic (exact) mass is 276 g/mol. The third kappa shape index (κ3) is 3.29. The Bertz CT molecular complexity index is 516. The van der Waals surface area contributed by atoms with Gasteiger partial charge in [0.15, 0.2) is 0 Å². The number of carbonyl (C=O) groups excluding carboxylic acids is 1. The highest BCUT2D eigenvalue weighted by Crippen LogP contribution is 2.18. The molecular formula is C15H20N2O3. The summed E-state index contributed by atoms with van der Waals surface area (Å²) in [5, 5.41) is 8.97. The number of hydrogen-bond acceptors (Lipinski definition) is 2. The van der Waals surface area contributed by atoms with Gasteiger partial charge in [-0.1, -0.05) is 29.8 Å². The molecule has 1 unspecified atom stereocenters. The summed E-state index contributed by atoms with van der Waals surface area (Å²) >= 11 is 0. The van der Waals surface area contributed by atoms with Crippen LogP contribution in [-0.2, 0) is 11.3 Å². The molecule has 20 heavy (non-hydrogen) atoms. The maximum absolute atomic E-state index is 12.3. The number of aryl methyl sites for hydroxylation is 1. The second kappa shape index (κ2) is 5.94. The molecule has 0 radical (unpaired) electrons. The van der Waals surface area contributed by atoms with Crippen molar-refractivity contribution in [1.29, 1.82) is 0 Å². The summed E-state index contributed by atoms with van der Waals surface area (Å²) in [5.41, 5.74) is 2.24. The summed E-state index contributed by atoms with van der Waals surface area (Å²) in [5.74, 6) is -1.24. The highest BCUT2D eigenvalue weighted by Gasteiger charge is 2.32. The highest BCUT2D eigenvalue weighted by molar-refractivity contribution is 5.77. The van der Waals surface area contributed by atoms with E-state index < -0.39 is 11.9 Å². The topological polar surface area (TPSA) is 60.9 Å². The Morgan fingerprint density at radius 3 is 2.80 bits per heavy atom. The fourth-order valence-electron chi connectivity index (χ4n) is 2.53. The van der Waals surface area contributed by atoms with Gasteiger partial charge < -0.3 is 14.9 Å². The van der Waals surface area contributed by atoms with Crippen LogP contribution in [0.5, 0.6) is 0 Å². The number of carboxylic acid groups (broad SMARTS) is 1. The van der Waals surface area contributed by atoms with Crippen LogP contribution in [0.1, 0.15) is 17.5 Å². The molecule has 1 aromatic rings. The number of urea groups is 1. The number of nitrogens with zero attached hydrogens (tertiary/aromatic N) is 2. The Hall–Kier alpha value is -2.04. The predicted molar refractivity (Wildman–Crippen MR) is 75.4 cm³/mol. The number of carboxylic acids is 1. The first-order chi connectivity index (χ1) is 9.47. The Morgan fingerprint density at radius 1 is 1.45 bits per heavy atom. The number of carbonyl (C=O) groups is 2. The molecule has 1 aliphatic heterocycles. The molecular weight excluding hydrogens is 256 g/mol. The van der Waals surface area contributed by atoms with E-state index in [2.05, 4.69) is 0 Å². The number of hydrogen-bond donors (Lipinski definition) is 1. The Balaban J connectivity index is 1.94. The summed E-state index contributed by atoms with van der Waals surface area (Å²) in [6.07, 6.45) is 0.541. The molecule has 1 aliphatic rings. The predicted octanol–water partition coefficient (Wildman–Crippen LogP) is 1.95. The Labute approximate surface area is 118 Å². The fraction of sp³-hybridized carbons (Fsp3) is 0.467. The number of amides is 2. The fourth-order valence-corrected chi connectivity index (χ4v) is 2.53. The lowest BCUT2D eigenvalue weighted by atomic mass is 10.1.